The summed E-state index contributed by atoms with van der Waals surface area (Å²) in [7, 11) is 4.66. The summed E-state index contributed by atoms with van der Waals surface area (Å²) in [6, 6.07) is 0. The van der Waals surface area contributed by atoms with Crippen LogP contribution in [-0.2, 0) is 19.0 Å². The topological polar surface area (TPSA) is 56.8 Å². The normalized spacial score (nSPS) is 25.8. The molecule has 0 saturated heterocycles. The van der Waals surface area contributed by atoms with Gasteiger partial charge in [-0.3, -0.25) is 4.79 Å². The first-order valence-electron chi connectivity index (χ1n) is 6.76. The van der Waals surface area contributed by atoms with Crippen molar-refractivity contribution in [1.82, 2.24) is 5.32 Å². The van der Waals surface area contributed by atoms with E-state index in [4.69, 9.17) is 14.2 Å². The van der Waals surface area contributed by atoms with Gasteiger partial charge in [0.15, 0.2) is 5.76 Å². The lowest BCUT2D eigenvalue weighted by Gasteiger charge is -2.41. The van der Waals surface area contributed by atoms with Gasteiger partial charge in [-0.1, -0.05) is 26.3 Å². The fourth-order valence-corrected chi connectivity index (χ4v) is 2.47. The van der Waals surface area contributed by atoms with Gasteiger partial charge in [-0.15, -0.1) is 0 Å². The maximum atomic E-state index is 11.6. The van der Waals surface area contributed by atoms with Crippen LogP contribution >= 0.6 is 0 Å². The third kappa shape index (κ3) is 2.88. The Morgan fingerprint density at radius 1 is 1.30 bits per heavy atom. The highest BCUT2D eigenvalue weighted by molar-refractivity contribution is 5.75. The highest BCUT2D eigenvalue weighted by Gasteiger charge is 2.43. The number of ether oxygens (including phenoxy) is 3. The summed E-state index contributed by atoms with van der Waals surface area (Å²) in [5.74, 6) is -0.396. The van der Waals surface area contributed by atoms with E-state index in [9.17, 15) is 4.79 Å². The Labute approximate surface area is 121 Å². The van der Waals surface area contributed by atoms with Gasteiger partial charge in [0, 0.05) is 21.1 Å². The number of hydrogen-bond donors (Lipinski definition) is 1. The summed E-state index contributed by atoms with van der Waals surface area (Å²) in [5, 5.41) is 3.00. The average molecular weight is 283 g/mol. The second kappa shape index (κ2) is 6.41. The first-order valence-corrected chi connectivity index (χ1v) is 6.76. The van der Waals surface area contributed by atoms with Gasteiger partial charge in [0.05, 0.1) is 12.6 Å². The molecule has 0 aromatic rings. The molecule has 0 aromatic heterocycles. The maximum absolute atomic E-state index is 11.6. The summed E-state index contributed by atoms with van der Waals surface area (Å²) in [6.07, 6.45) is 6.48. The van der Waals surface area contributed by atoms with Crippen molar-refractivity contribution in [1.29, 1.82) is 0 Å². The van der Waals surface area contributed by atoms with Crippen LogP contribution in [0.2, 0.25) is 0 Å². The van der Waals surface area contributed by atoms with Crippen molar-refractivity contribution in [3.05, 3.63) is 24.0 Å². The van der Waals surface area contributed by atoms with E-state index in [0.717, 1.165) is 6.42 Å². The lowest BCUT2D eigenvalue weighted by molar-refractivity contribution is -0.168. The minimum Gasteiger partial charge on any atom is -0.495 e. The number of nitrogens with one attached hydrogen (secondary N) is 1. The van der Waals surface area contributed by atoms with Crippen LogP contribution in [0.5, 0.6) is 0 Å². The maximum Gasteiger partial charge on any atom is 0.247 e. The SMILES string of the molecule is CCC(C)C1(NC(C)=O)C=CC(OC)(OC)C(OC)=C1. The van der Waals surface area contributed by atoms with E-state index in [-0.39, 0.29) is 11.8 Å². The van der Waals surface area contributed by atoms with Crippen LogP contribution in [-0.4, -0.2) is 38.6 Å². The first kappa shape index (κ1) is 16.7. The van der Waals surface area contributed by atoms with Crippen LogP contribution in [0.4, 0.5) is 0 Å². The monoisotopic (exact) mass is 283 g/mol. The first-order chi connectivity index (χ1) is 9.39. The van der Waals surface area contributed by atoms with Crippen LogP contribution in [0.15, 0.2) is 24.0 Å². The number of carbonyl (C=O) groups is 1. The Morgan fingerprint density at radius 3 is 2.30 bits per heavy atom. The van der Waals surface area contributed by atoms with Gasteiger partial charge < -0.3 is 19.5 Å². The molecule has 0 spiro atoms. The lowest BCUT2D eigenvalue weighted by atomic mass is 9.78. The van der Waals surface area contributed by atoms with Crippen LogP contribution < -0.4 is 5.32 Å². The number of hydrogen-bond acceptors (Lipinski definition) is 4. The second-order valence-corrected chi connectivity index (χ2v) is 5.05. The molecule has 0 aliphatic heterocycles. The van der Waals surface area contributed by atoms with Gasteiger partial charge in [-0.2, -0.15) is 0 Å². The van der Waals surface area contributed by atoms with Gasteiger partial charge in [0.1, 0.15) is 0 Å². The average Bonchev–Trinajstić information content (AvgIpc) is 2.45. The lowest BCUT2D eigenvalue weighted by Crippen LogP contribution is -2.53. The Bertz CT molecular complexity index is 412. The standard InChI is InChI=1S/C15H25NO4/c1-7-11(2)14(16-12(3)17)8-9-15(19-5,20-6)13(10-14)18-4/h8-11H,7H2,1-6H3,(H,16,17). The molecule has 2 unspecified atom stereocenters. The zero-order valence-corrected chi connectivity index (χ0v) is 13.1. The van der Waals surface area contributed by atoms with Gasteiger partial charge in [0.25, 0.3) is 0 Å². The van der Waals surface area contributed by atoms with Crippen molar-refractivity contribution >= 4 is 5.91 Å². The molecule has 1 aliphatic rings. The zero-order chi connectivity index (χ0) is 15.4. The molecule has 0 saturated carbocycles. The zero-order valence-electron chi connectivity index (χ0n) is 13.1. The number of methoxy groups -OCH3 is 3. The highest BCUT2D eigenvalue weighted by atomic mass is 16.7. The molecule has 2 atom stereocenters. The van der Waals surface area contributed by atoms with Crippen molar-refractivity contribution in [2.24, 2.45) is 5.92 Å². The Balaban J connectivity index is 3.30. The van der Waals surface area contributed by atoms with E-state index in [1.165, 1.54) is 6.92 Å². The van der Waals surface area contributed by atoms with E-state index in [1.54, 1.807) is 27.4 Å². The molecule has 1 N–H and O–H groups in total. The Hall–Kier alpha value is -1.33. The minimum atomic E-state index is -1.04. The molecule has 5 nitrogen and oxygen atoms in total. The van der Waals surface area contributed by atoms with Crippen molar-refractivity contribution in [3.63, 3.8) is 0 Å². The molecule has 0 bridgehead atoms. The van der Waals surface area contributed by atoms with Crippen molar-refractivity contribution in [2.45, 2.75) is 38.5 Å². The van der Waals surface area contributed by atoms with E-state index in [0.29, 0.717) is 5.76 Å². The molecule has 1 aliphatic carbocycles. The van der Waals surface area contributed by atoms with E-state index in [2.05, 4.69) is 19.2 Å². The van der Waals surface area contributed by atoms with E-state index < -0.39 is 11.3 Å². The molecule has 20 heavy (non-hydrogen) atoms. The predicted octanol–water partition coefficient (Wildman–Crippen LogP) is 2.00. The summed E-state index contributed by atoms with van der Waals surface area (Å²) in [6.45, 7) is 5.67. The third-order valence-electron chi connectivity index (χ3n) is 3.94. The van der Waals surface area contributed by atoms with Gasteiger partial charge in [-0.25, -0.2) is 0 Å². The molecule has 0 aromatic carbocycles. The second-order valence-electron chi connectivity index (χ2n) is 5.05. The van der Waals surface area contributed by atoms with Crippen LogP contribution in [0.25, 0.3) is 0 Å². The van der Waals surface area contributed by atoms with E-state index >= 15 is 0 Å². The quantitative estimate of drug-likeness (QED) is 0.598. The molecule has 0 heterocycles. The fourth-order valence-electron chi connectivity index (χ4n) is 2.47. The molecule has 1 rings (SSSR count). The summed E-state index contributed by atoms with van der Waals surface area (Å²) < 4.78 is 16.3. The van der Waals surface area contributed by atoms with Crippen LogP contribution in [0.3, 0.4) is 0 Å². The number of amides is 1. The summed E-state index contributed by atoms with van der Waals surface area (Å²) >= 11 is 0. The smallest absolute Gasteiger partial charge is 0.247 e. The Kier molecular flexibility index (Phi) is 5.36. The fraction of sp³-hybridized carbons (Fsp3) is 0.667. The van der Waals surface area contributed by atoms with Crippen LogP contribution in [0.1, 0.15) is 27.2 Å². The van der Waals surface area contributed by atoms with Crippen LogP contribution in [0, 0.1) is 5.92 Å². The highest BCUT2D eigenvalue weighted by Crippen LogP contribution is 2.36. The molecule has 5 heteroatoms. The molecule has 1 amide bonds. The van der Waals surface area contributed by atoms with E-state index in [1.807, 2.05) is 12.2 Å². The largest absolute Gasteiger partial charge is 0.495 e. The van der Waals surface area contributed by atoms with Gasteiger partial charge >= 0.3 is 0 Å². The summed E-state index contributed by atoms with van der Waals surface area (Å²) in [5.41, 5.74) is -0.591. The number of carbonyl (C=O) groups excluding carboxylic acids is 1. The predicted molar refractivity (Wildman–Crippen MR) is 77.0 cm³/mol. The van der Waals surface area contributed by atoms with Crippen molar-refractivity contribution in [3.8, 4) is 0 Å². The van der Waals surface area contributed by atoms with Gasteiger partial charge in [-0.05, 0) is 18.1 Å². The molecular formula is C15H25NO4. The Morgan fingerprint density at radius 2 is 1.90 bits per heavy atom. The molecule has 114 valence electrons. The van der Waals surface area contributed by atoms with Gasteiger partial charge in [0.2, 0.25) is 11.7 Å². The molecular weight excluding hydrogens is 258 g/mol. The third-order valence-corrected chi connectivity index (χ3v) is 3.94. The summed E-state index contributed by atoms with van der Waals surface area (Å²) in [4.78, 5) is 11.6. The number of rotatable bonds is 6. The molecule has 0 fully saturated rings. The molecule has 0 radical (unpaired) electrons. The van der Waals surface area contributed by atoms with Crippen molar-refractivity contribution in [2.75, 3.05) is 21.3 Å². The minimum absolute atomic E-state index is 0.0935. The van der Waals surface area contributed by atoms with Crippen molar-refractivity contribution < 1.29 is 19.0 Å².